The van der Waals surface area contributed by atoms with Gasteiger partial charge in [-0.25, -0.2) is 41.6 Å². The van der Waals surface area contributed by atoms with Gasteiger partial charge in [0.15, 0.2) is 25.4 Å². The number of furan rings is 1. The summed E-state index contributed by atoms with van der Waals surface area (Å²) in [4.78, 5) is 93.5. The van der Waals surface area contributed by atoms with Crippen LogP contribution < -0.4 is 21.3 Å². The number of carbonyl (C=O) groups is 4. The molecule has 6 aliphatic carbocycles. The van der Waals surface area contributed by atoms with Crippen LogP contribution in [0.25, 0.3) is 41.7 Å². The Morgan fingerprint density at radius 1 is 0.440 bits per heavy atom. The van der Waals surface area contributed by atoms with E-state index in [0.29, 0.717) is 48.4 Å². The number of anilines is 4. The summed E-state index contributed by atoms with van der Waals surface area (Å²) < 4.78 is 56.3. The standard InChI is InChI=1S/C27H28N4O2.C26H28N6O.C26H32N4O3S.C25H31N5O3S/c1-28-25-7-6-24(33-25)26(32)30-23-5-4-20(10-16-31-17-15-29-19-31)18-22(23)21-8-13-27(14-9-21)11-2-3-12-27;1-27-23-17-29-24(31-23)25(33)30-22-5-4-19(8-14-32-15-13-28-18-32)16-21(22)20-6-11-26(12-7-20)9-2-3-10-26;1-26(2)9-6-20(7-10-26)22-16-19(8-11-30-12-14-34(32,33)15-13-30)4-5-23(22)29-25(31)24-17-21(27-3)18-28-24;1-25(2)9-6-19(7-10-25)20-16-18(8-11-30-12-14-34(32,33)15-13-30)4-5-21(20)28-24(31)23-27-17-22(26-3)29-23/h4-8,15,17-19H,2-3,9-14,16H2,(H,30,32);4-6,13,15-18H,2-3,7-12,14H2,(H,29,31)(H,30,33);4-6,16-18,28H,7-15H2,1-2H3,(H,29,31);4-6,16-17H,7-15H2,1-2H3,(H,27,29)(H,28,31). The maximum Gasteiger partial charge on any atom is 0.346 e. The number of H-pyrrole nitrogens is 3. The fraction of sp³-hybridized carbons (Fsp3) is 0.423. The number of imidazole rings is 4. The van der Waals surface area contributed by atoms with Gasteiger partial charge in [0, 0.05) is 128 Å². The van der Waals surface area contributed by atoms with Gasteiger partial charge in [-0.3, -0.25) is 29.1 Å². The molecule has 134 heavy (non-hydrogen) atoms. The number of amides is 4. The van der Waals surface area contributed by atoms with Crippen molar-refractivity contribution in [3.8, 4) is 0 Å². The van der Waals surface area contributed by atoms with Gasteiger partial charge in [0.2, 0.25) is 17.3 Å². The highest BCUT2D eigenvalue weighted by atomic mass is 32.2. The van der Waals surface area contributed by atoms with Crippen LogP contribution in [0, 0.1) is 47.9 Å². The Morgan fingerprint density at radius 2 is 0.821 bits per heavy atom. The van der Waals surface area contributed by atoms with E-state index in [9.17, 15) is 36.0 Å². The van der Waals surface area contributed by atoms with E-state index in [1.165, 1.54) is 128 Å². The van der Waals surface area contributed by atoms with Gasteiger partial charge in [0.25, 0.3) is 23.5 Å². The average molecular weight is 1840 g/mol. The molecule has 8 aliphatic rings. The summed E-state index contributed by atoms with van der Waals surface area (Å²) in [5.74, 6) is 0.633. The zero-order chi connectivity index (χ0) is 94.0. The second kappa shape index (κ2) is 42.8. The second-order valence-electron chi connectivity index (χ2n) is 38.5. The van der Waals surface area contributed by atoms with Crippen LogP contribution in [0.3, 0.4) is 0 Å². The highest BCUT2D eigenvalue weighted by Crippen LogP contribution is 2.53. The Hall–Kier alpha value is -13.1. The molecule has 0 atom stereocenters. The molecule has 30 heteroatoms. The molecule has 4 amide bonds. The molecular weight excluding hydrogens is 1720 g/mol. The van der Waals surface area contributed by atoms with Crippen LogP contribution in [0.2, 0.25) is 0 Å². The topological polar surface area (TPSA) is 331 Å². The molecule has 4 aromatic carbocycles. The normalized spacial score (nSPS) is 18.4. The fourth-order valence-corrected chi connectivity index (χ4v) is 21.9. The molecule has 2 saturated heterocycles. The van der Waals surface area contributed by atoms with Gasteiger partial charge < -0.3 is 59.3 Å². The van der Waals surface area contributed by atoms with Gasteiger partial charge in [0.1, 0.15) is 0 Å². The van der Waals surface area contributed by atoms with E-state index in [0.717, 1.165) is 167 Å². The first-order valence-corrected chi connectivity index (χ1v) is 50.4. The molecule has 6 aromatic heterocycles. The lowest BCUT2D eigenvalue weighted by molar-refractivity contribution is 0.0993. The zero-order valence-corrected chi connectivity index (χ0v) is 78.6. The summed E-state index contributed by atoms with van der Waals surface area (Å²) in [7, 11) is -5.76. The lowest BCUT2D eigenvalue weighted by atomic mass is 9.72. The van der Waals surface area contributed by atoms with Crippen molar-refractivity contribution < 1.29 is 40.4 Å². The monoisotopic (exact) mass is 1840 g/mol. The molecule has 4 fully saturated rings. The van der Waals surface area contributed by atoms with Crippen LogP contribution in [-0.4, -0.2) is 157 Å². The number of benzene rings is 4. The van der Waals surface area contributed by atoms with Crippen LogP contribution in [0.1, 0.15) is 243 Å². The molecular formula is C104H119N19O9S2. The Kier molecular flexibility index (Phi) is 30.5. The number of carbonyl (C=O) groups excluding carboxylic acids is 4. The molecule has 7 N–H and O–H groups in total. The number of nitrogens with one attached hydrogen (secondary N) is 7. The van der Waals surface area contributed by atoms with E-state index in [-0.39, 0.29) is 92.4 Å². The molecule has 8 heterocycles. The maximum atomic E-state index is 12.8. The molecule has 0 unspecified atom stereocenters. The molecule has 2 saturated carbocycles. The number of hydrogen-bond donors (Lipinski definition) is 7. The number of sulfone groups is 2. The third kappa shape index (κ3) is 25.4. The van der Waals surface area contributed by atoms with Crippen molar-refractivity contribution >= 4 is 112 Å². The van der Waals surface area contributed by atoms with Crippen LogP contribution >= 0.6 is 0 Å². The Labute approximate surface area is 785 Å². The predicted octanol–water partition coefficient (Wildman–Crippen LogP) is 21.2. The van der Waals surface area contributed by atoms with E-state index in [1.807, 2.05) is 61.4 Å². The number of aromatic nitrogens is 9. The Bertz CT molecular complexity index is 6060. The van der Waals surface area contributed by atoms with Crippen molar-refractivity contribution in [3.05, 3.63) is 285 Å². The highest BCUT2D eigenvalue weighted by Gasteiger charge is 2.38. The zero-order valence-electron chi connectivity index (χ0n) is 77.0. The third-order valence-electron chi connectivity index (χ3n) is 27.9. The fourth-order valence-electron chi connectivity index (χ4n) is 19.3. The third-order valence-corrected chi connectivity index (χ3v) is 31.1. The van der Waals surface area contributed by atoms with E-state index in [1.54, 1.807) is 24.5 Å². The van der Waals surface area contributed by atoms with Crippen LogP contribution in [0.4, 0.5) is 46.0 Å². The molecule has 28 nitrogen and oxygen atoms in total. The minimum Gasteiger partial charge on any atom is -0.475 e. The summed E-state index contributed by atoms with van der Waals surface area (Å²) in [6.45, 7) is 43.1. The lowest BCUT2D eigenvalue weighted by Crippen LogP contribution is -2.41. The summed E-state index contributed by atoms with van der Waals surface area (Å²) in [6.07, 6.45) is 51.8. The molecule has 10 aromatic rings. The SMILES string of the molecule is [C-]#[N+]c1c[nH]c(C(=O)Nc2ccc(CCN3CCS(=O)(=O)CC3)cc2C2=CCC(C)(C)CC2)c1.[C-]#[N+]c1ccc(C(=O)Nc2ccc(CCn3ccnc3)cc2C2=CCC3(CCCC3)CC2)o1.[C-]#[N+]c1cnc(C(=O)Nc2ccc(CCN3CCS(=O)(=O)CC3)cc2C2=CCC(C)(C)CC2)[nH]1.[C-]#[N+]c1cnc(C(=O)Nc2ccc(CCn3ccnc3)cc2C2=CCC3(CCCC3)CC2)[nH]1. The molecule has 696 valence electrons. The van der Waals surface area contributed by atoms with Crippen molar-refractivity contribution in [2.45, 2.75) is 195 Å². The van der Waals surface area contributed by atoms with E-state index in [2.05, 4.69) is 183 Å². The lowest BCUT2D eigenvalue weighted by Gasteiger charge is -2.33. The van der Waals surface area contributed by atoms with Crippen molar-refractivity contribution in [2.75, 3.05) is 83.5 Å². The van der Waals surface area contributed by atoms with Gasteiger partial charge in [-0.2, -0.15) is 4.85 Å². The van der Waals surface area contributed by atoms with Crippen molar-refractivity contribution in [1.29, 1.82) is 0 Å². The molecule has 18 rings (SSSR count). The van der Waals surface area contributed by atoms with Gasteiger partial charge in [-0.05, 0) is 261 Å². The highest BCUT2D eigenvalue weighted by molar-refractivity contribution is 7.91. The second-order valence-corrected chi connectivity index (χ2v) is 43.1. The Balaban J connectivity index is 0.000000136. The summed E-state index contributed by atoms with van der Waals surface area (Å²) >= 11 is 0. The van der Waals surface area contributed by atoms with Crippen LogP contribution in [-0.2, 0) is 58.4 Å². The van der Waals surface area contributed by atoms with Crippen molar-refractivity contribution in [2.24, 2.45) is 21.7 Å². The number of rotatable bonds is 24. The first-order chi connectivity index (χ1) is 64.6. The smallest absolute Gasteiger partial charge is 0.346 e. The number of allylic oxidation sites excluding steroid dienone is 8. The van der Waals surface area contributed by atoms with E-state index in [4.69, 9.17) is 30.7 Å². The number of aryl methyl sites for hydroxylation is 4. The predicted molar refractivity (Wildman–Crippen MR) is 525 cm³/mol. The molecule has 0 radical (unpaired) electrons. The maximum absolute atomic E-state index is 12.8. The van der Waals surface area contributed by atoms with E-state index >= 15 is 0 Å². The Morgan fingerprint density at radius 3 is 1.15 bits per heavy atom. The minimum absolute atomic E-state index is 0.111. The van der Waals surface area contributed by atoms with Gasteiger partial charge in [-0.1, -0.05) is 115 Å². The minimum atomic E-state index is -2.88. The molecule has 0 bridgehead atoms. The summed E-state index contributed by atoms with van der Waals surface area (Å²) in [5, 5.41) is 12.1. The largest absolute Gasteiger partial charge is 0.475 e. The molecule has 2 aliphatic heterocycles. The van der Waals surface area contributed by atoms with Crippen molar-refractivity contribution in [1.82, 2.24) is 53.8 Å². The first-order valence-electron chi connectivity index (χ1n) is 46.8. The van der Waals surface area contributed by atoms with Gasteiger partial charge >= 0.3 is 17.7 Å². The number of hydrogen-bond acceptors (Lipinski definition) is 15. The average Bonchev–Trinajstić information content (AvgIpc) is 1.56. The summed E-state index contributed by atoms with van der Waals surface area (Å²) in [5.41, 5.74) is 19.5. The van der Waals surface area contributed by atoms with Gasteiger partial charge in [0.05, 0.1) is 66.9 Å². The van der Waals surface area contributed by atoms with Crippen LogP contribution in [0.15, 0.2) is 176 Å². The molecule has 2 spiro atoms. The first kappa shape index (κ1) is 95.5. The number of nitrogens with zero attached hydrogens (tertiary/aromatic N) is 12. The van der Waals surface area contributed by atoms with Gasteiger partial charge in [-0.15, -0.1) is 0 Å². The van der Waals surface area contributed by atoms with E-state index < -0.39 is 19.7 Å². The van der Waals surface area contributed by atoms with Crippen LogP contribution in [0.5, 0.6) is 0 Å². The summed E-state index contributed by atoms with van der Waals surface area (Å²) in [6, 6.07) is 29.5. The number of aromatic amines is 3. The quantitative estimate of drug-likeness (QED) is 0.0277. The van der Waals surface area contributed by atoms with Crippen molar-refractivity contribution in [3.63, 3.8) is 0 Å².